The fraction of sp³-hybridized carbons (Fsp3) is 0.182. The van der Waals surface area contributed by atoms with Crippen LogP contribution in [0, 0.1) is 0 Å². The first-order chi connectivity index (χ1) is 13.7. The molecule has 0 atom stereocenters. The van der Waals surface area contributed by atoms with Crippen LogP contribution < -0.4 is 14.8 Å². The van der Waals surface area contributed by atoms with Gasteiger partial charge in [-0.2, -0.15) is 0 Å². The zero-order valence-corrected chi connectivity index (χ0v) is 15.8. The number of rotatable bonds is 9. The second-order valence-electron chi connectivity index (χ2n) is 6.20. The molecule has 0 spiro atoms. The number of nitrogens with zero attached hydrogens (tertiary/aromatic N) is 2. The summed E-state index contributed by atoms with van der Waals surface area (Å²) >= 11 is 0. The standard InChI is InChI=1S/C22H23N3O3/c1-3-12-28-20-9-8-19(13-21(20)27-2)22(26)24-14-17-4-6-18(7-5-17)15-25-11-10-23-16-25/h3-11,13,16H,1,12,14-15H2,2H3,(H,24,26). The third-order valence-corrected chi connectivity index (χ3v) is 4.18. The highest BCUT2D eigenvalue weighted by Crippen LogP contribution is 2.28. The van der Waals surface area contributed by atoms with Gasteiger partial charge in [-0.1, -0.05) is 36.9 Å². The van der Waals surface area contributed by atoms with E-state index in [1.54, 1.807) is 43.9 Å². The van der Waals surface area contributed by atoms with Crippen molar-refractivity contribution in [2.75, 3.05) is 13.7 Å². The Morgan fingerprint density at radius 2 is 1.96 bits per heavy atom. The largest absolute Gasteiger partial charge is 0.493 e. The normalized spacial score (nSPS) is 10.3. The molecule has 3 rings (SSSR count). The molecule has 1 amide bonds. The first kappa shape index (κ1) is 19.2. The quantitative estimate of drug-likeness (QED) is 0.580. The van der Waals surface area contributed by atoms with E-state index in [4.69, 9.17) is 9.47 Å². The summed E-state index contributed by atoms with van der Waals surface area (Å²) < 4.78 is 12.8. The smallest absolute Gasteiger partial charge is 0.251 e. The van der Waals surface area contributed by atoms with Crippen molar-refractivity contribution in [1.29, 1.82) is 0 Å². The van der Waals surface area contributed by atoms with Crippen LogP contribution in [0.2, 0.25) is 0 Å². The molecule has 2 aromatic carbocycles. The number of nitrogens with one attached hydrogen (secondary N) is 1. The highest BCUT2D eigenvalue weighted by atomic mass is 16.5. The molecular weight excluding hydrogens is 354 g/mol. The lowest BCUT2D eigenvalue weighted by atomic mass is 10.1. The van der Waals surface area contributed by atoms with E-state index in [2.05, 4.69) is 29.0 Å². The minimum Gasteiger partial charge on any atom is -0.493 e. The molecule has 1 aromatic heterocycles. The third-order valence-electron chi connectivity index (χ3n) is 4.18. The molecule has 0 aliphatic rings. The molecule has 3 aromatic rings. The Morgan fingerprint density at radius 1 is 1.18 bits per heavy atom. The summed E-state index contributed by atoms with van der Waals surface area (Å²) in [7, 11) is 1.54. The highest BCUT2D eigenvalue weighted by molar-refractivity contribution is 5.94. The number of aromatic nitrogens is 2. The van der Waals surface area contributed by atoms with Gasteiger partial charge in [0, 0.05) is 31.0 Å². The minimum atomic E-state index is -0.170. The van der Waals surface area contributed by atoms with E-state index in [-0.39, 0.29) is 5.91 Å². The Hall–Kier alpha value is -3.54. The van der Waals surface area contributed by atoms with Gasteiger partial charge in [-0.15, -0.1) is 0 Å². The summed E-state index contributed by atoms with van der Waals surface area (Å²) in [5, 5.41) is 2.93. The Morgan fingerprint density at radius 3 is 2.64 bits per heavy atom. The van der Waals surface area contributed by atoms with Crippen LogP contribution in [0.15, 0.2) is 73.8 Å². The van der Waals surface area contributed by atoms with E-state index in [0.29, 0.717) is 30.2 Å². The van der Waals surface area contributed by atoms with Gasteiger partial charge in [-0.05, 0) is 29.3 Å². The molecule has 0 fully saturated rings. The van der Waals surface area contributed by atoms with Crippen molar-refractivity contribution >= 4 is 5.91 Å². The molecule has 1 N–H and O–H groups in total. The predicted octanol–water partition coefficient (Wildman–Crippen LogP) is 3.43. The number of methoxy groups -OCH3 is 1. The zero-order chi connectivity index (χ0) is 19.8. The summed E-state index contributed by atoms with van der Waals surface area (Å²) in [4.78, 5) is 16.5. The maximum atomic E-state index is 12.5. The fourth-order valence-corrected chi connectivity index (χ4v) is 2.71. The van der Waals surface area contributed by atoms with Crippen LogP contribution in [0.5, 0.6) is 11.5 Å². The van der Waals surface area contributed by atoms with Crippen molar-refractivity contribution in [2.45, 2.75) is 13.1 Å². The predicted molar refractivity (Wildman–Crippen MR) is 108 cm³/mol. The van der Waals surface area contributed by atoms with Crippen molar-refractivity contribution in [1.82, 2.24) is 14.9 Å². The van der Waals surface area contributed by atoms with Gasteiger partial charge in [0.05, 0.1) is 13.4 Å². The molecule has 144 valence electrons. The molecule has 0 radical (unpaired) electrons. The molecule has 6 heteroatoms. The topological polar surface area (TPSA) is 65.4 Å². The molecule has 0 saturated carbocycles. The van der Waals surface area contributed by atoms with Crippen molar-refractivity contribution in [3.63, 3.8) is 0 Å². The Bertz CT molecular complexity index is 919. The number of ether oxygens (including phenoxy) is 2. The van der Waals surface area contributed by atoms with Gasteiger partial charge in [0.1, 0.15) is 6.61 Å². The SMILES string of the molecule is C=CCOc1ccc(C(=O)NCc2ccc(Cn3ccnc3)cc2)cc1OC. The monoisotopic (exact) mass is 377 g/mol. The van der Waals surface area contributed by atoms with Gasteiger partial charge in [-0.3, -0.25) is 4.79 Å². The Kier molecular flexibility index (Phi) is 6.46. The summed E-state index contributed by atoms with van der Waals surface area (Å²) in [5.41, 5.74) is 2.72. The Balaban J connectivity index is 1.58. The highest BCUT2D eigenvalue weighted by Gasteiger charge is 2.11. The summed E-state index contributed by atoms with van der Waals surface area (Å²) in [6, 6.07) is 13.2. The van der Waals surface area contributed by atoms with E-state index in [1.165, 1.54) is 5.56 Å². The van der Waals surface area contributed by atoms with Gasteiger partial charge in [-0.25, -0.2) is 4.98 Å². The van der Waals surface area contributed by atoms with Gasteiger partial charge in [0.25, 0.3) is 5.91 Å². The van der Waals surface area contributed by atoms with Gasteiger partial charge in [0.15, 0.2) is 11.5 Å². The average Bonchev–Trinajstić information content (AvgIpc) is 3.24. The van der Waals surface area contributed by atoms with Crippen molar-refractivity contribution in [3.05, 3.63) is 90.5 Å². The molecule has 0 saturated heterocycles. The zero-order valence-electron chi connectivity index (χ0n) is 15.8. The van der Waals surface area contributed by atoms with Crippen LogP contribution in [-0.4, -0.2) is 29.2 Å². The number of benzene rings is 2. The number of carbonyl (C=O) groups is 1. The summed E-state index contributed by atoms with van der Waals surface area (Å²) in [6.07, 6.45) is 7.13. The molecule has 6 nitrogen and oxygen atoms in total. The number of imidazole rings is 1. The molecule has 0 aliphatic carbocycles. The molecule has 28 heavy (non-hydrogen) atoms. The number of amides is 1. The fourth-order valence-electron chi connectivity index (χ4n) is 2.71. The second kappa shape index (κ2) is 9.41. The molecule has 0 bridgehead atoms. The van der Waals surface area contributed by atoms with E-state index in [1.807, 2.05) is 22.9 Å². The average molecular weight is 377 g/mol. The molecular formula is C22H23N3O3. The third kappa shape index (κ3) is 5.01. The maximum absolute atomic E-state index is 12.5. The van der Waals surface area contributed by atoms with Gasteiger partial charge in [0.2, 0.25) is 0 Å². The van der Waals surface area contributed by atoms with Crippen LogP contribution >= 0.6 is 0 Å². The van der Waals surface area contributed by atoms with Crippen molar-refractivity contribution in [2.24, 2.45) is 0 Å². The number of hydrogen-bond acceptors (Lipinski definition) is 4. The lowest BCUT2D eigenvalue weighted by Crippen LogP contribution is -2.22. The maximum Gasteiger partial charge on any atom is 0.251 e. The van der Waals surface area contributed by atoms with Crippen molar-refractivity contribution in [3.8, 4) is 11.5 Å². The molecule has 0 aliphatic heterocycles. The van der Waals surface area contributed by atoms with Gasteiger partial charge >= 0.3 is 0 Å². The second-order valence-corrected chi connectivity index (χ2v) is 6.20. The number of hydrogen-bond donors (Lipinski definition) is 1. The van der Waals surface area contributed by atoms with Crippen LogP contribution in [0.1, 0.15) is 21.5 Å². The molecule has 1 heterocycles. The first-order valence-corrected chi connectivity index (χ1v) is 8.93. The van der Waals surface area contributed by atoms with E-state index >= 15 is 0 Å². The van der Waals surface area contributed by atoms with Crippen LogP contribution in [-0.2, 0) is 13.1 Å². The lowest BCUT2D eigenvalue weighted by Gasteiger charge is -2.11. The first-order valence-electron chi connectivity index (χ1n) is 8.93. The lowest BCUT2D eigenvalue weighted by molar-refractivity contribution is 0.0950. The van der Waals surface area contributed by atoms with E-state index in [9.17, 15) is 4.79 Å². The van der Waals surface area contributed by atoms with Gasteiger partial charge < -0.3 is 19.4 Å². The van der Waals surface area contributed by atoms with E-state index in [0.717, 1.165) is 12.1 Å². The number of carbonyl (C=O) groups excluding carboxylic acids is 1. The minimum absolute atomic E-state index is 0.170. The van der Waals surface area contributed by atoms with E-state index < -0.39 is 0 Å². The van der Waals surface area contributed by atoms with Crippen molar-refractivity contribution < 1.29 is 14.3 Å². The van der Waals surface area contributed by atoms with Crippen LogP contribution in [0.4, 0.5) is 0 Å². The Labute approximate surface area is 164 Å². The van der Waals surface area contributed by atoms with Crippen LogP contribution in [0.3, 0.4) is 0 Å². The summed E-state index contributed by atoms with van der Waals surface area (Å²) in [6.45, 7) is 5.21. The van der Waals surface area contributed by atoms with Crippen LogP contribution in [0.25, 0.3) is 0 Å². The molecule has 0 unspecified atom stereocenters. The summed E-state index contributed by atoms with van der Waals surface area (Å²) in [5.74, 6) is 0.918.